The zero-order valence-corrected chi connectivity index (χ0v) is 12.4. The summed E-state index contributed by atoms with van der Waals surface area (Å²) in [6.07, 6.45) is 5.25. The minimum absolute atomic E-state index is 0.0483. The lowest BCUT2D eigenvalue weighted by molar-refractivity contribution is -0.120. The molecule has 1 aromatic carbocycles. The number of rotatable bonds is 2. The largest absolute Gasteiger partial charge is 0.328 e. The van der Waals surface area contributed by atoms with Gasteiger partial charge in [0.25, 0.3) is 0 Å². The third kappa shape index (κ3) is 3.01. The number of anilines is 1. The number of fused-ring (bicyclic) bond motifs is 1. The molecule has 0 bridgehead atoms. The fourth-order valence-corrected chi connectivity index (χ4v) is 3.08. The molecule has 110 valence electrons. The lowest BCUT2D eigenvalue weighted by atomic mass is 9.86. The predicted molar refractivity (Wildman–Crippen MR) is 85.3 cm³/mol. The number of hydrogen-bond donors (Lipinski definition) is 2. The van der Waals surface area contributed by atoms with E-state index in [1.165, 1.54) is 0 Å². The molecule has 0 atom stereocenters. The highest BCUT2D eigenvalue weighted by Crippen LogP contribution is 2.30. The van der Waals surface area contributed by atoms with E-state index in [0.717, 1.165) is 36.8 Å². The summed E-state index contributed by atoms with van der Waals surface area (Å²) >= 11 is 6.14. The number of aromatic nitrogens is 1. The topological polar surface area (TPSA) is 68.0 Å². The maximum Gasteiger partial charge on any atom is 0.227 e. The molecule has 1 aromatic heterocycles. The van der Waals surface area contributed by atoms with Gasteiger partial charge in [0.05, 0.1) is 16.2 Å². The second-order valence-electron chi connectivity index (χ2n) is 5.60. The number of carbonyl (C=O) groups is 1. The first-order chi connectivity index (χ1) is 10.1. The number of nitrogens with one attached hydrogen (secondary N) is 1. The number of nitrogens with zero attached hydrogens (tertiary/aromatic N) is 1. The van der Waals surface area contributed by atoms with E-state index in [0.29, 0.717) is 10.5 Å². The van der Waals surface area contributed by atoms with Gasteiger partial charge in [-0.05, 0) is 49.9 Å². The molecule has 1 aliphatic carbocycles. The monoisotopic (exact) mass is 303 g/mol. The molecule has 5 heteroatoms. The lowest BCUT2D eigenvalue weighted by Gasteiger charge is -2.25. The van der Waals surface area contributed by atoms with Crippen LogP contribution in [0.2, 0.25) is 5.02 Å². The predicted octanol–water partition coefficient (Wildman–Crippen LogP) is 3.34. The third-order valence-corrected chi connectivity index (χ3v) is 4.43. The Morgan fingerprint density at radius 2 is 2.00 bits per heavy atom. The fraction of sp³-hybridized carbons (Fsp3) is 0.375. The van der Waals surface area contributed by atoms with Crippen molar-refractivity contribution in [3.63, 3.8) is 0 Å². The van der Waals surface area contributed by atoms with Crippen molar-refractivity contribution in [1.82, 2.24) is 4.98 Å². The van der Waals surface area contributed by atoms with Crippen LogP contribution < -0.4 is 11.1 Å². The molecule has 0 unspecified atom stereocenters. The third-order valence-electron chi connectivity index (χ3n) is 4.12. The van der Waals surface area contributed by atoms with Gasteiger partial charge in [-0.3, -0.25) is 9.78 Å². The summed E-state index contributed by atoms with van der Waals surface area (Å²) in [6, 6.07) is 7.60. The highest BCUT2D eigenvalue weighted by Gasteiger charge is 2.25. The highest BCUT2D eigenvalue weighted by molar-refractivity contribution is 6.35. The van der Waals surface area contributed by atoms with Crippen LogP contribution in [-0.2, 0) is 4.79 Å². The maximum absolute atomic E-state index is 12.4. The molecule has 0 saturated heterocycles. The Labute approximate surface area is 128 Å². The van der Waals surface area contributed by atoms with Crippen molar-refractivity contribution in [2.45, 2.75) is 31.7 Å². The molecule has 1 heterocycles. The maximum atomic E-state index is 12.4. The zero-order chi connectivity index (χ0) is 14.8. The Morgan fingerprint density at radius 3 is 2.76 bits per heavy atom. The van der Waals surface area contributed by atoms with Gasteiger partial charge in [-0.1, -0.05) is 11.6 Å². The van der Waals surface area contributed by atoms with Gasteiger partial charge in [-0.25, -0.2) is 0 Å². The molecule has 0 spiro atoms. The molecule has 0 aliphatic heterocycles. The fourth-order valence-electron chi connectivity index (χ4n) is 2.86. The number of hydrogen-bond acceptors (Lipinski definition) is 3. The Balaban J connectivity index is 1.82. The van der Waals surface area contributed by atoms with Crippen LogP contribution in [0.1, 0.15) is 25.7 Å². The Bertz CT molecular complexity index is 666. The van der Waals surface area contributed by atoms with E-state index in [2.05, 4.69) is 10.3 Å². The van der Waals surface area contributed by atoms with Crippen molar-refractivity contribution in [2.75, 3.05) is 5.32 Å². The van der Waals surface area contributed by atoms with Gasteiger partial charge in [-0.15, -0.1) is 0 Å². The number of halogens is 1. The van der Waals surface area contributed by atoms with E-state index >= 15 is 0 Å². The standard InChI is InChI=1S/C16H18ClN3O/c17-13-7-8-14(12-2-1-9-19-15(12)13)20-16(21)10-3-5-11(18)6-4-10/h1-2,7-11H,3-6,18H2,(H,20,21). The Morgan fingerprint density at radius 1 is 1.24 bits per heavy atom. The summed E-state index contributed by atoms with van der Waals surface area (Å²) in [4.78, 5) is 16.7. The van der Waals surface area contributed by atoms with Gasteiger partial charge >= 0.3 is 0 Å². The van der Waals surface area contributed by atoms with Crippen LogP contribution in [0.3, 0.4) is 0 Å². The average Bonchev–Trinajstić information content (AvgIpc) is 2.51. The van der Waals surface area contributed by atoms with Crippen molar-refractivity contribution >= 4 is 34.1 Å². The van der Waals surface area contributed by atoms with E-state index in [4.69, 9.17) is 17.3 Å². The van der Waals surface area contributed by atoms with Gasteiger partial charge in [0.15, 0.2) is 0 Å². The van der Waals surface area contributed by atoms with Crippen LogP contribution in [0.5, 0.6) is 0 Å². The molecule has 0 radical (unpaired) electrons. The van der Waals surface area contributed by atoms with Gasteiger partial charge in [0.1, 0.15) is 0 Å². The van der Waals surface area contributed by atoms with Crippen LogP contribution in [-0.4, -0.2) is 16.9 Å². The second kappa shape index (κ2) is 6.00. The summed E-state index contributed by atoms with van der Waals surface area (Å²) in [5.41, 5.74) is 7.36. The first kappa shape index (κ1) is 14.3. The van der Waals surface area contributed by atoms with Crippen LogP contribution in [0.4, 0.5) is 5.69 Å². The van der Waals surface area contributed by atoms with Crippen LogP contribution in [0.25, 0.3) is 10.9 Å². The molecular formula is C16H18ClN3O. The molecule has 1 saturated carbocycles. The van der Waals surface area contributed by atoms with Crippen molar-refractivity contribution in [3.8, 4) is 0 Å². The summed E-state index contributed by atoms with van der Waals surface area (Å²) in [6.45, 7) is 0. The summed E-state index contributed by atoms with van der Waals surface area (Å²) in [5, 5.41) is 4.47. The van der Waals surface area contributed by atoms with Crippen molar-refractivity contribution < 1.29 is 4.79 Å². The number of pyridine rings is 1. The molecule has 21 heavy (non-hydrogen) atoms. The normalized spacial score (nSPS) is 22.2. The number of benzene rings is 1. The van der Waals surface area contributed by atoms with Crippen LogP contribution in [0, 0.1) is 5.92 Å². The number of amides is 1. The molecule has 3 N–H and O–H groups in total. The molecule has 1 aliphatic rings. The van der Waals surface area contributed by atoms with Crippen molar-refractivity contribution in [3.05, 3.63) is 35.5 Å². The minimum atomic E-state index is 0.0483. The summed E-state index contributed by atoms with van der Waals surface area (Å²) in [7, 11) is 0. The molecular weight excluding hydrogens is 286 g/mol. The van der Waals surface area contributed by atoms with Gasteiger partial charge in [-0.2, -0.15) is 0 Å². The summed E-state index contributed by atoms with van der Waals surface area (Å²) in [5.74, 6) is 0.113. The van der Waals surface area contributed by atoms with Gasteiger partial charge in [0, 0.05) is 23.5 Å². The van der Waals surface area contributed by atoms with Crippen LogP contribution in [0.15, 0.2) is 30.5 Å². The highest BCUT2D eigenvalue weighted by atomic mass is 35.5. The van der Waals surface area contributed by atoms with Crippen LogP contribution >= 0.6 is 11.6 Å². The zero-order valence-electron chi connectivity index (χ0n) is 11.7. The molecule has 2 aromatic rings. The Kier molecular flexibility index (Phi) is 4.08. The lowest BCUT2D eigenvalue weighted by Crippen LogP contribution is -2.32. The molecule has 1 fully saturated rings. The van der Waals surface area contributed by atoms with E-state index in [-0.39, 0.29) is 17.9 Å². The van der Waals surface area contributed by atoms with E-state index < -0.39 is 0 Å². The van der Waals surface area contributed by atoms with Crippen molar-refractivity contribution in [2.24, 2.45) is 11.7 Å². The van der Waals surface area contributed by atoms with Crippen molar-refractivity contribution in [1.29, 1.82) is 0 Å². The van der Waals surface area contributed by atoms with Gasteiger partial charge in [0.2, 0.25) is 5.91 Å². The SMILES string of the molecule is NC1CCC(C(=O)Nc2ccc(Cl)c3ncccc23)CC1. The van der Waals surface area contributed by atoms with Gasteiger partial charge < -0.3 is 11.1 Å². The molecule has 4 nitrogen and oxygen atoms in total. The van der Waals surface area contributed by atoms with E-state index in [1.54, 1.807) is 12.3 Å². The average molecular weight is 304 g/mol. The molecule has 1 amide bonds. The first-order valence-corrected chi connectivity index (χ1v) is 7.62. The second-order valence-corrected chi connectivity index (χ2v) is 6.00. The first-order valence-electron chi connectivity index (χ1n) is 7.25. The molecule has 3 rings (SSSR count). The summed E-state index contributed by atoms with van der Waals surface area (Å²) < 4.78 is 0. The quantitative estimate of drug-likeness (QED) is 0.894. The number of carbonyl (C=O) groups excluding carboxylic acids is 1. The number of nitrogens with two attached hydrogens (primary N) is 1. The van der Waals surface area contributed by atoms with E-state index in [9.17, 15) is 4.79 Å². The minimum Gasteiger partial charge on any atom is -0.328 e. The smallest absolute Gasteiger partial charge is 0.227 e. The Hall–Kier alpha value is -1.65. The van der Waals surface area contributed by atoms with E-state index in [1.807, 2.05) is 18.2 Å².